The van der Waals surface area contributed by atoms with Gasteiger partial charge in [-0.15, -0.1) is 12.4 Å². The van der Waals surface area contributed by atoms with E-state index in [2.05, 4.69) is 29.8 Å². The number of nitrogens with two attached hydrogens (primary N) is 1. The first-order valence-corrected chi connectivity index (χ1v) is 8.23. The Bertz CT molecular complexity index is 628. The first-order chi connectivity index (χ1) is 10.5. The van der Waals surface area contributed by atoms with Gasteiger partial charge in [-0.05, 0) is 41.4 Å². The number of carbonyl (C=O) groups is 1. The van der Waals surface area contributed by atoms with E-state index in [1.165, 1.54) is 0 Å². The van der Waals surface area contributed by atoms with Gasteiger partial charge in [0.1, 0.15) is 5.69 Å². The van der Waals surface area contributed by atoms with E-state index in [1.807, 2.05) is 47.2 Å². The normalized spacial score (nSPS) is 10.5. The molecular weight excluding hydrogens is 378 g/mol. The highest BCUT2D eigenvalue weighted by Gasteiger charge is 2.21. The van der Waals surface area contributed by atoms with Gasteiger partial charge in [0.2, 0.25) is 0 Å². The van der Waals surface area contributed by atoms with E-state index >= 15 is 0 Å². The Labute approximate surface area is 152 Å². The summed E-state index contributed by atoms with van der Waals surface area (Å²) in [6, 6.07) is 12.1. The van der Waals surface area contributed by atoms with Gasteiger partial charge >= 0.3 is 0 Å². The summed E-state index contributed by atoms with van der Waals surface area (Å²) in [5.41, 5.74) is 7.48. The molecule has 1 aromatic heterocycles. The Morgan fingerprint density at radius 3 is 2.52 bits per heavy atom. The summed E-state index contributed by atoms with van der Waals surface area (Å²) in [5, 5.41) is 0. The van der Waals surface area contributed by atoms with Crippen molar-refractivity contribution >= 4 is 34.2 Å². The Morgan fingerprint density at radius 1 is 1.30 bits per heavy atom. The molecule has 0 aliphatic rings. The minimum atomic E-state index is 0. The molecule has 4 nitrogen and oxygen atoms in total. The minimum Gasteiger partial charge on any atom is -0.340 e. The van der Waals surface area contributed by atoms with Crippen LogP contribution < -0.4 is 5.73 Å². The molecule has 6 heteroatoms. The number of benzene rings is 1. The van der Waals surface area contributed by atoms with Gasteiger partial charge in [0.05, 0.1) is 0 Å². The third-order valence-corrected chi connectivity index (χ3v) is 3.93. The summed E-state index contributed by atoms with van der Waals surface area (Å²) < 4.78 is 2.90. The molecule has 0 saturated heterocycles. The summed E-state index contributed by atoms with van der Waals surface area (Å²) in [5.74, 6) is 0.00806. The van der Waals surface area contributed by atoms with Crippen molar-refractivity contribution in [2.24, 2.45) is 5.73 Å². The summed E-state index contributed by atoms with van der Waals surface area (Å²) in [4.78, 5) is 14.7. The highest BCUT2D eigenvalue weighted by atomic mass is 79.9. The number of carbonyl (C=O) groups excluding carboxylic acids is 1. The van der Waals surface area contributed by atoms with Crippen molar-refractivity contribution < 1.29 is 4.79 Å². The van der Waals surface area contributed by atoms with Crippen molar-refractivity contribution in [3.63, 3.8) is 0 Å². The molecule has 1 amide bonds. The Balaban J connectivity index is 0.00000264. The van der Waals surface area contributed by atoms with Crippen molar-refractivity contribution in [1.82, 2.24) is 9.47 Å². The van der Waals surface area contributed by atoms with E-state index in [4.69, 9.17) is 5.73 Å². The smallest absolute Gasteiger partial charge is 0.270 e. The summed E-state index contributed by atoms with van der Waals surface area (Å²) in [6.07, 6.45) is 1.95. The predicted octanol–water partition coefficient (Wildman–Crippen LogP) is 3.85. The second-order valence-corrected chi connectivity index (χ2v) is 6.46. The first-order valence-electron chi connectivity index (χ1n) is 7.43. The monoisotopic (exact) mass is 399 g/mol. The molecule has 0 atom stereocenters. The molecule has 126 valence electrons. The van der Waals surface area contributed by atoms with E-state index in [9.17, 15) is 4.79 Å². The van der Waals surface area contributed by atoms with Crippen LogP contribution >= 0.6 is 28.3 Å². The van der Waals surface area contributed by atoms with E-state index in [-0.39, 0.29) is 24.4 Å². The lowest BCUT2D eigenvalue weighted by atomic mass is 10.2. The van der Waals surface area contributed by atoms with Crippen LogP contribution in [0, 0.1) is 0 Å². The van der Waals surface area contributed by atoms with Gasteiger partial charge in [0, 0.05) is 36.3 Å². The second-order valence-electron chi connectivity index (χ2n) is 5.55. The van der Waals surface area contributed by atoms with Gasteiger partial charge in [0.15, 0.2) is 0 Å². The van der Waals surface area contributed by atoms with Crippen molar-refractivity contribution in [2.45, 2.75) is 26.4 Å². The third-order valence-electron chi connectivity index (χ3n) is 3.49. The zero-order valence-electron chi connectivity index (χ0n) is 13.4. The predicted molar refractivity (Wildman–Crippen MR) is 100 cm³/mol. The van der Waals surface area contributed by atoms with Crippen molar-refractivity contribution in [1.29, 1.82) is 0 Å². The first kappa shape index (κ1) is 19.7. The van der Waals surface area contributed by atoms with Gasteiger partial charge < -0.3 is 15.2 Å². The zero-order chi connectivity index (χ0) is 16.1. The number of hydrogen-bond donors (Lipinski definition) is 1. The minimum absolute atomic E-state index is 0. The summed E-state index contributed by atoms with van der Waals surface area (Å²) in [7, 11) is 0. The molecule has 0 fully saturated rings. The van der Waals surface area contributed by atoms with Crippen molar-refractivity contribution in [3.8, 4) is 0 Å². The van der Waals surface area contributed by atoms with Crippen LogP contribution in [0.15, 0.2) is 47.1 Å². The van der Waals surface area contributed by atoms with Crippen LogP contribution in [0.2, 0.25) is 0 Å². The third kappa shape index (κ3) is 5.09. The van der Waals surface area contributed by atoms with Crippen LogP contribution in [-0.2, 0) is 6.54 Å². The molecule has 0 aliphatic heterocycles. The number of rotatable bonds is 6. The van der Waals surface area contributed by atoms with E-state index < -0.39 is 0 Å². The van der Waals surface area contributed by atoms with Gasteiger partial charge in [-0.3, -0.25) is 4.79 Å². The Morgan fingerprint density at radius 2 is 1.96 bits per heavy atom. The average molecular weight is 401 g/mol. The average Bonchev–Trinajstić information content (AvgIpc) is 2.89. The highest BCUT2D eigenvalue weighted by molar-refractivity contribution is 9.10. The quantitative estimate of drug-likeness (QED) is 0.800. The molecule has 23 heavy (non-hydrogen) atoms. The molecule has 2 rings (SSSR count). The lowest BCUT2D eigenvalue weighted by molar-refractivity contribution is 0.0735. The number of amides is 1. The Kier molecular flexibility index (Phi) is 7.82. The van der Waals surface area contributed by atoms with Crippen LogP contribution in [0.1, 0.15) is 35.9 Å². The summed E-state index contributed by atoms with van der Waals surface area (Å²) >= 11 is 3.46. The van der Waals surface area contributed by atoms with E-state index in [0.717, 1.165) is 10.0 Å². The maximum absolute atomic E-state index is 12.9. The zero-order valence-corrected chi connectivity index (χ0v) is 15.8. The number of nitrogens with zero attached hydrogens (tertiary/aromatic N) is 2. The molecule has 2 aromatic rings. The molecular formula is C17H23BrClN3O. The second kappa shape index (κ2) is 9.11. The standard InChI is InChI=1S/C17H22BrN3O.ClH/c1-13(2)21-12-15(18)10-16(21)17(22)20(9-8-19)11-14-6-4-3-5-7-14;/h3-7,10,12-13H,8-9,11,19H2,1-2H3;1H. The molecule has 0 bridgehead atoms. The largest absolute Gasteiger partial charge is 0.340 e. The maximum atomic E-state index is 12.9. The van der Waals surface area contributed by atoms with E-state index in [1.54, 1.807) is 4.90 Å². The number of aromatic nitrogens is 1. The molecule has 0 aliphatic carbocycles. The summed E-state index contributed by atoms with van der Waals surface area (Å²) in [6.45, 7) is 5.68. The fourth-order valence-corrected chi connectivity index (χ4v) is 2.86. The molecule has 1 heterocycles. The molecule has 2 N–H and O–H groups in total. The lowest BCUT2D eigenvalue weighted by Crippen LogP contribution is -2.36. The van der Waals surface area contributed by atoms with Crippen molar-refractivity contribution in [2.75, 3.05) is 13.1 Å². The number of halogens is 2. The van der Waals surface area contributed by atoms with Crippen LogP contribution in [0.4, 0.5) is 0 Å². The van der Waals surface area contributed by atoms with Crippen molar-refractivity contribution in [3.05, 3.63) is 58.3 Å². The van der Waals surface area contributed by atoms with Crippen LogP contribution in [-0.4, -0.2) is 28.5 Å². The topological polar surface area (TPSA) is 51.3 Å². The van der Waals surface area contributed by atoms with Crippen LogP contribution in [0.5, 0.6) is 0 Å². The van der Waals surface area contributed by atoms with Gasteiger partial charge in [0.25, 0.3) is 5.91 Å². The van der Waals surface area contributed by atoms with Gasteiger partial charge in [-0.2, -0.15) is 0 Å². The molecule has 0 radical (unpaired) electrons. The van der Waals surface area contributed by atoms with Crippen LogP contribution in [0.25, 0.3) is 0 Å². The Hall–Kier alpha value is -1.30. The van der Waals surface area contributed by atoms with Gasteiger partial charge in [-0.1, -0.05) is 30.3 Å². The fourth-order valence-electron chi connectivity index (χ4n) is 2.42. The maximum Gasteiger partial charge on any atom is 0.270 e. The lowest BCUT2D eigenvalue weighted by Gasteiger charge is -2.23. The van der Waals surface area contributed by atoms with Gasteiger partial charge in [-0.25, -0.2) is 0 Å². The molecule has 0 saturated carbocycles. The number of hydrogen-bond acceptors (Lipinski definition) is 2. The highest BCUT2D eigenvalue weighted by Crippen LogP contribution is 2.21. The molecule has 0 unspecified atom stereocenters. The SMILES string of the molecule is CC(C)n1cc(Br)cc1C(=O)N(CCN)Cc1ccccc1.Cl. The van der Waals surface area contributed by atoms with Crippen LogP contribution in [0.3, 0.4) is 0 Å². The molecule has 0 spiro atoms. The van der Waals surface area contributed by atoms with E-state index in [0.29, 0.717) is 25.3 Å². The molecule has 1 aromatic carbocycles. The fraction of sp³-hybridized carbons (Fsp3) is 0.353.